The number of rotatable bonds is 10. The molecule has 0 radical (unpaired) electrons. The molecule has 0 aromatic heterocycles. The number of alkyl halides is 3. The van der Waals surface area contributed by atoms with E-state index in [4.69, 9.17) is 9.47 Å². The van der Waals surface area contributed by atoms with Gasteiger partial charge in [0, 0.05) is 38.9 Å². The van der Waals surface area contributed by atoms with Crippen LogP contribution in [0.1, 0.15) is 30.9 Å². The summed E-state index contributed by atoms with van der Waals surface area (Å²) >= 11 is 0. The molecule has 0 heterocycles. The van der Waals surface area contributed by atoms with Gasteiger partial charge in [-0.15, -0.1) is 0 Å². The molecule has 1 aromatic rings. The van der Waals surface area contributed by atoms with Gasteiger partial charge in [0.25, 0.3) is 0 Å². The quantitative estimate of drug-likeness (QED) is 0.374. The topological polar surface area (TPSA) is 54.9 Å². The molecule has 8 heteroatoms. The van der Waals surface area contributed by atoms with Crippen LogP contribution in [0.15, 0.2) is 23.2 Å². The molecule has 0 spiro atoms. The summed E-state index contributed by atoms with van der Waals surface area (Å²) in [7, 11) is 1.64. The van der Waals surface area contributed by atoms with Crippen LogP contribution in [0.2, 0.25) is 0 Å². The first-order valence-electron chi connectivity index (χ1n) is 8.67. The highest BCUT2D eigenvalue weighted by Crippen LogP contribution is 2.23. The van der Waals surface area contributed by atoms with Crippen molar-refractivity contribution in [2.45, 2.75) is 39.4 Å². The van der Waals surface area contributed by atoms with Gasteiger partial charge >= 0.3 is 6.18 Å². The van der Waals surface area contributed by atoms with Crippen LogP contribution < -0.4 is 15.4 Å². The van der Waals surface area contributed by atoms with Gasteiger partial charge in [-0.05, 0) is 38.3 Å². The molecule has 0 aliphatic carbocycles. The first-order chi connectivity index (χ1) is 12.4. The van der Waals surface area contributed by atoms with Crippen LogP contribution in [0.4, 0.5) is 13.2 Å². The van der Waals surface area contributed by atoms with E-state index in [0.29, 0.717) is 24.7 Å². The number of ether oxygens (including phenoxy) is 2. The number of nitrogens with zero attached hydrogens (tertiary/aromatic N) is 1. The zero-order chi connectivity index (χ0) is 19.4. The maximum atomic E-state index is 12.4. The maximum absolute atomic E-state index is 12.4. The van der Waals surface area contributed by atoms with Gasteiger partial charge in [0.05, 0.1) is 0 Å². The normalized spacial score (nSPS) is 12.2. The number of halogens is 3. The summed E-state index contributed by atoms with van der Waals surface area (Å²) in [6.07, 6.45) is -2.48. The van der Waals surface area contributed by atoms with Crippen molar-refractivity contribution in [1.29, 1.82) is 0 Å². The van der Waals surface area contributed by atoms with Crippen molar-refractivity contribution in [3.8, 4) is 5.75 Å². The minimum Gasteiger partial charge on any atom is -0.484 e. The van der Waals surface area contributed by atoms with Crippen molar-refractivity contribution < 1.29 is 22.6 Å². The zero-order valence-corrected chi connectivity index (χ0v) is 15.6. The second-order valence-corrected chi connectivity index (χ2v) is 5.77. The van der Waals surface area contributed by atoms with Gasteiger partial charge in [0.2, 0.25) is 0 Å². The van der Waals surface area contributed by atoms with Gasteiger partial charge < -0.3 is 20.1 Å². The molecule has 5 nitrogen and oxygen atoms in total. The predicted molar refractivity (Wildman–Crippen MR) is 96.7 cm³/mol. The molecule has 0 aliphatic heterocycles. The molecule has 26 heavy (non-hydrogen) atoms. The van der Waals surface area contributed by atoms with Crippen LogP contribution >= 0.6 is 0 Å². The largest absolute Gasteiger partial charge is 0.484 e. The standard InChI is InChI=1S/C18H28F3N3O2/c1-4-25-10-6-5-9-23-17(22-3)24-12-15-8-7-14(2)11-16(15)26-13-18(19,20)21/h7-8,11H,4-6,9-10,12-13H2,1-3H3,(H2,22,23,24). The lowest BCUT2D eigenvalue weighted by molar-refractivity contribution is -0.153. The molecular weight excluding hydrogens is 347 g/mol. The molecule has 0 atom stereocenters. The molecule has 0 unspecified atom stereocenters. The van der Waals surface area contributed by atoms with Crippen LogP contribution in [-0.4, -0.2) is 45.5 Å². The summed E-state index contributed by atoms with van der Waals surface area (Å²) in [5.74, 6) is 0.811. The molecule has 0 aliphatic rings. The molecule has 0 amide bonds. The molecule has 2 N–H and O–H groups in total. The molecule has 0 bridgehead atoms. The third-order valence-corrected chi connectivity index (χ3v) is 3.50. The second kappa shape index (κ2) is 11.6. The maximum Gasteiger partial charge on any atom is 0.422 e. The fourth-order valence-electron chi connectivity index (χ4n) is 2.18. The van der Waals surface area contributed by atoms with Gasteiger partial charge in [0.15, 0.2) is 12.6 Å². The molecule has 0 saturated heterocycles. The van der Waals surface area contributed by atoms with Gasteiger partial charge in [-0.2, -0.15) is 13.2 Å². The SMILES string of the molecule is CCOCCCCNC(=NC)NCc1ccc(C)cc1OCC(F)(F)F. The number of guanidine groups is 1. The van der Waals surface area contributed by atoms with E-state index in [1.807, 2.05) is 13.0 Å². The minimum atomic E-state index is -4.37. The lowest BCUT2D eigenvalue weighted by Gasteiger charge is -2.16. The van der Waals surface area contributed by atoms with Gasteiger partial charge in [-0.1, -0.05) is 12.1 Å². The van der Waals surface area contributed by atoms with E-state index in [9.17, 15) is 13.2 Å². The summed E-state index contributed by atoms with van der Waals surface area (Å²) in [6, 6.07) is 5.19. The van der Waals surface area contributed by atoms with Gasteiger partial charge in [-0.25, -0.2) is 0 Å². The summed E-state index contributed by atoms with van der Waals surface area (Å²) < 4.78 is 47.5. The Hall–Kier alpha value is -1.96. The monoisotopic (exact) mass is 375 g/mol. The summed E-state index contributed by atoms with van der Waals surface area (Å²) in [6.45, 7) is 4.95. The predicted octanol–water partition coefficient (Wildman–Crippen LogP) is 3.42. The van der Waals surface area contributed by atoms with Gasteiger partial charge in [-0.3, -0.25) is 4.99 Å². The van der Waals surface area contributed by atoms with Crippen LogP contribution in [0.25, 0.3) is 0 Å². The first kappa shape index (κ1) is 22.1. The lowest BCUT2D eigenvalue weighted by Crippen LogP contribution is -2.37. The molecule has 1 rings (SSSR count). The van der Waals surface area contributed by atoms with Crippen molar-refractivity contribution in [2.24, 2.45) is 4.99 Å². The second-order valence-electron chi connectivity index (χ2n) is 5.77. The highest BCUT2D eigenvalue weighted by atomic mass is 19.4. The van der Waals surface area contributed by atoms with Crippen molar-refractivity contribution >= 4 is 5.96 Å². The summed E-state index contributed by atoms with van der Waals surface area (Å²) in [5, 5.41) is 6.26. The summed E-state index contributed by atoms with van der Waals surface area (Å²) in [5.41, 5.74) is 1.47. The third-order valence-electron chi connectivity index (χ3n) is 3.50. The Morgan fingerprint density at radius 1 is 1.19 bits per heavy atom. The van der Waals surface area contributed by atoms with E-state index in [0.717, 1.165) is 31.6 Å². The van der Waals surface area contributed by atoms with E-state index >= 15 is 0 Å². The Morgan fingerprint density at radius 2 is 1.96 bits per heavy atom. The van der Waals surface area contributed by atoms with Crippen molar-refractivity contribution in [3.63, 3.8) is 0 Å². The fraction of sp³-hybridized carbons (Fsp3) is 0.611. The number of aliphatic imine (C=N–C) groups is 1. The lowest BCUT2D eigenvalue weighted by atomic mass is 10.1. The number of nitrogens with one attached hydrogen (secondary N) is 2. The van der Waals surface area contributed by atoms with Crippen molar-refractivity contribution in [1.82, 2.24) is 10.6 Å². The number of benzene rings is 1. The van der Waals surface area contributed by atoms with Gasteiger partial charge in [0.1, 0.15) is 5.75 Å². The average Bonchev–Trinajstić information content (AvgIpc) is 2.59. The van der Waals surface area contributed by atoms with E-state index in [1.54, 1.807) is 26.1 Å². The fourth-order valence-corrected chi connectivity index (χ4v) is 2.18. The average molecular weight is 375 g/mol. The number of unbranched alkanes of at least 4 members (excludes halogenated alkanes) is 1. The minimum absolute atomic E-state index is 0.224. The molecule has 0 fully saturated rings. The Morgan fingerprint density at radius 3 is 2.62 bits per heavy atom. The molecule has 1 aromatic carbocycles. The third kappa shape index (κ3) is 9.50. The Kier molecular flexibility index (Phi) is 9.87. The number of hydrogen-bond donors (Lipinski definition) is 2. The molecular formula is C18H28F3N3O2. The van der Waals surface area contributed by atoms with E-state index < -0.39 is 12.8 Å². The zero-order valence-electron chi connectivity index (χ0n) is 15.6. The number of hydrogen-bond acceptors (Lipinski definition) is 3. The van der Waals surface area contributed by atoms with Crippen LogP contribution in [-0.2, 0) is 11.3 Å². The smallest absolute Gasteiger partial charge is 0.422 e. The highest BCUT2D eigenvalue weighted by Gasteiger charge is 2.28. The van der Waals surface area contributed by atoms with Crippen LogP contribution in [0.3, 0.4) is 0 Å². The van der Waals surface area contributed by atoms with Crippen LogP contribution in [0.5, 0.6) is 5.75 Å². The molecule has 0 saturated carbocycles. The van der Waals surface area contributed by atoms with E-state index in [2.05, 4.69) is 15.6 Å². The first-order valence-corrected chi connectivity index (χ1v) is 8.67. The van der Waals surface area contributed by atoms with Crippen molar-refractivity contribution in [3.05, 3.63) is 29.3 Å². The Balaban J connectivity index is 2.51. The molecule has 148 valence electrons. The van der Waals surface area contributed by atoms with Crippen LogP contribution in [0, 0.1) is 6.92 Å². The highest BCUT2D eigenvalue weighted by molar-refractivity contribution is 5.79. The number of aryl methyl sites for hydroxylation is 1. The van der Waals surface area contributed by atoms with Crippen molar-refractivity contribution in [2.75, 3.05) is 33.4 Å². The Bertz CT molecular complexity index is 563. The van der Waals surface area contributed by atoms with E-state index in [1.165, 1.54) is 0 Å². The summed E-state index contributed by atoms with van der Waals surface area (Å²) in [4.78, 5) is 4.11. The van der Waals surface area contributed by atoms with E-state index in [-0.39, 0.29) is 5.75 Å². The Labute approximate surface area is 153 Å².